The van der Waals surface area contributed by atoms with Crippen molar-refractivity contribution >= 4 is 17.3 Å². The Morgan fingerprint density at radius 1 is 1.53 bits per heavy atom. The monoisotopic (exact) mass is 235 g/mol. The second-order valence-electron chi connectivity index (χ2n) is 4.15. The Balaban J connectivity index is 1.87. The topological polar surface area (TPSA) is 76.4 Å². The quantitative estimate of drug-likeness (QED) is 0.665. The number of carbonyl (C=O) groups excluding carboxylic acids is 1. The van der Waals surface area contributed by atoms with E-state index in [1.165, 1.54) is 0 Å². The van der Waals surface area contributed by atoms with Crippen molar-refractivity contribution in [3.05, 3.63) is 18.2 Å². The molecule has 2 rings (SSSR count). The second kappa shape index (κ2) is 4.95. The van der Waals surface area contributed by atoms with Crippen LogP contribution in [0.1, 0.15) is 12.8 Å². The number of nitrogens with one attached hydrogen (secondary N) is 2. The van der Waals surface area contributed by atoms with E-state index < -0.39 is 0 Å². The Kier molecular flexibility index (Phi) is 3.37. The summed E-state index contributed by atoms with van der Waals surface area (Å²) in [6.45, 7) is 0.243. The first-order valence-corrected chi connectivity index (χ1v) is 5.66. The van der Waals surface area contributed by atoms with Crippen molar-refractivity contribution in [2.75, 3.05) is 24.7 Å². The fourth-order valence-corrected chi connectivity index (χ4v) is 1.51. The van der Waals surface area contributed by atoms with Gasteiger partial charge >= 0.3 is 0 Å². The highest BCUT2D eigenvalue weighted by Gasteiger charge is 2.22. The Morgan fingerprint density at radius 3 is 2.88 bits per heavy atom. The number of carbonyl (C=O) groups is 1. The largest absolute Gasteiger partial charge is 0.497 e. The molecule has 92 valence electrons. The second-order valence-corrected chi connectivity index (χ2v) is 4.15. The molecule has 0 saturated heterocycles. The lowest BCUT2D eigenvalue weighted by Gasteiger charge is -2.10. The van der Waals surface area contributed by atoms with E-state index in [0.717, 1.165) is 18.5 Å². The van der Waals surface area contributed by atoms with Crippen LogP contribution in [0.4, 0.5) is 11.4 Å². The molecule has 1 aliphatic rings. The number of nitrogen functional groups attached to an aromatic ring is 1. The molecule has 0 radical (unpaired) electrons. The van der Waals surface area contributed by atoms with Gasteiger partial charge in [0.2, 0.25) is 5.91 Å². The van der Waals surface area contributed by atoms with Gasteiger partial charge in [-0.05, 0) is 25.0 Å². The van der Waals surface area contributed by atoms with Gasteiger partial charge in [-0.15, -0.1) is 0 Å². The van der Waals surface area contributed by atoms with E-state index >= 15 is 0 Å². The smallest absolute Gasteiger partial charge is 0.239 e. The number of nitrogens with two attached hydrogens (primary N) is 1. The molecule has 0 heterocycles. The number of ether oxygens (including phenoxy) is 1. The Morgan fingerprint density at radius 2 is 2.29 bits per heavy atom. The minimum absolute atomic E-state index is 0.00252. The van der Waals surface area contributed by atoms with Gasteiger partial charge in [0.05, 0.1) is 25.0 Å². The number of hydrogen-bond acceptors (Lipinski definition) is 4. The van der Waals surface area contributed by atoms with E-state index in [2.05, 4.69) is 10.6 Å². The summed E-state index contributed by atoms with van der Waals surface area (Å²) < 4.78 is 5.05. The molecule has 0 atom stereocenters. The number of amides is 1. The van der Waals surface area contributed by atoms with Gasteiger partial charge in [-0.25, -0.2) is 0 Å². The summed E-state index contributed by atoms with van der Waals surface area (Å²) in [6, 6.07) is 5.72. The van der Waals surface area contributed by atoms with E-state index in [1.807, 2.05) is 0 Å². The van der Waals surface area contributed by atoms with Crippen LogP contribution in [0.2, 0.25) is 0 Å². The summed E-state index contributed by atoms with van der Waals surface area (Å²) in [4.78, 5) is 11.5. The number of benzene rings is 1. The third kappa shape index (κ3) is 3.27. The van der Waals surface area contributed by atoms with E-state index in [9.17, 15) is 4.79 Å². The molecule has 0 aliphatic heterocycles. The van der Waals surface area contributed by atoms with Crippen LogP contribution in [0.15, 0.2) is 18.2 Å². The highest BCUT2D eigenvalue weighted by Crippen LogP contribution is 2.23. The van der Waals surface area contributed by atoms with Crippen LogP contribution < -0.4 is 21.1 Å². The van der Waals surface area contributed by atoms with Crippen molar-refractivity contribution in [3.8, 4) is 5.75 Å². The van der Waals surface area contributed by atoms with E-state index in [-0.39, 0.29) is 12.5 Å². The normalized spacial score (nSPS) is 14.2. The predicted molar refractivity (Wildman–Crippen MR) is 67.1 cm³/mol. The molecule has 0 spiro atoms. The lowest BCUT2D eigenvalue weighted by Crippen LogP contribution is -2.31. The maximum absolute atomic E-state index is 11.5. The van der Waals surface area contributed by atoms with Gasteiger partial charge in [-0.1, -0.05) is 0 Å². The molecule has 1 saturated carbocycles. The van der Waals surface area contributed by atoms with Crippen LogP contribution in [0.25, 0.3) is 0 Å². The van der Waals surface area contributed by atoms with Crippen molar-refractivity contribution in [3.63, 3.8) is 0 Å². The zero-order valence-electron chi connectivity index (χ0n) is 9.82. The fraction of sp³-hybridized carbons (Fsp3) is 0.417. The lowest BCUT2D eigenvalue weighted by molar-refractivity contribution is -0.119. The SMILES string of the molecule is COc1ccc(NCC(=O)NC2CC2)c(N)c1. The molecule has 0 aromatic heterocycles. The maximum Gasteiger partial charge on any atom is 0.239 e. The maximum atomic E-state index is 11.5. The van der Waals surface area contributed by atoms with Crippen molar-refractivity contribution in [2.24, 2.45) is 0 Å². The van der Waals surface area contributed by atoms with E-state index in [4.69, 9.17) is 10.5 Å². The third-order valence-corrected chi connectivity index (χ3v) is 2.64. The number of anilines is 2. The van der Waals surface area contributed by atoms with Crippen LogP contribution in [0, 0.1) is 0 Å². The van der Waals surface area contributed by atoms with Crippen LogP contribution in [0.5, 0.6) is 5.75 Å². The summed E-state index contributed by atoms with van der Waals surface area (Å²) in [6.07, 6.45) is 2.19. The molecule has 5 nitrogen and oxygen atoms in total. The number of methoxy groups -OCH3 is 1. The molecular weight excluding hydrogens is 218 g/mol. The zero-order valence-corrected chi connectivity index (χ0v) is 9.82. The minimum atomic E-state index is 0.00252. The fourth-order valence-electron chi connectivity index (χ4n) is 1.51. The van der Waals surface area contributed by atoms with Crippen molar-refractivity contribution in [1.29, 1.82) is 0 Å². The van der Waals surface area contributed by atoms with Gasteiger partial charge in [0.15, 0.2) is 0 Å². The zero-order chi connectivity index (χ0) is 12.3. The highest BCUT2D eigenvalue weighted by molar-refractivity contribution is 5.82. The number of rotatable bonds is 5. The molecule has 5 heteroatoms. The Hall–Kier alpha value is -1.91. The molecule has 1 aromatic carbocycles. The van der Waals surface area contributed by atoms with Gasteiger partial charge in [-0.2, -0.15) is 0 Å². The minimum Gasteiger partial charge on any atom is -0.497 e. The van der Waals surface area contributed by atoms with Crippen LogP contribution >= 0.6 is 0 Å². The van der Waals surface area contributed by atoms with Gasteiger partial charge in [0, 0.05) is 12.1 Å². The summed E-state index contributed by atoms with van der Waals surface area (Å²) in [5, 5.41) is 5.90. The Labute approximate surface area is 100 Å². The standard InChI is InChI=1S/C12H17N3O2/c1-17-9-4-5-11(10(13)6-9)14-7-12(16)15-8-2-3-8/h4-6,8,14H,2-3,7,13H2,1H3,(H,15,16). The molecule has 1 fully saturated rings. The molecule has 0 bridgehead atoms. The van der Waals surface area contributed by atoms with Gasteiger partial charge < -0.3 is 21.1 Å². The Bertz CT molecular complexity index is 416. The van der Waals surface area contributed by atoms with Crippen molar-refractivity contribution in [2.45, 2.75) is 18.9 Å². The van der Waals surface area contributed by atoms with Crippen LogP contribution in [-0.4, -0.2) is 25.6 Å². The molecular formula is C12H17N3O2. The van der Waals surface area contributed by atoms with Crippen LogP contribution in [-0.2, 0) is 4.79 Å². The van der Waals surface area contributed by atoms with Gasteiger partial charge in [-0.3, -0.25) is 4.79 Å². The highest BCUT2D eigenvalue weighted by atomic mass is 16.5. The third-order valence-electron chi connectivity index (χ3n) is 2.64. The van der Waals surface area contributed by atoms with E-state index in [1.54, 1.807) is 25.3 Å². The number of hydrogen-bond donors (Lipinski definition) is 3. The predicted octanol–water partition coefficient (Wildman–Crippen LogP) is 0.968. The first-order chi connectivity index (χ1) is 8.19. The summed E-state index contributed by atoms with van der Waals surface area (Å²) in [7, 11) is 1.59. The molecule has 1 aliphatic carbocycles. The summed E-state index contributed by atoms with van der Waals surface area (Å²) >= 11 is 0. The molecule has 1 aromatic rings. The average Bonchev–Trinajstić information content (AvgIpc) is 3.11. The lowest BCUT2D eigenvalue weighted by atomic mass is 10.2. The molecule has 1 amide bonds. The average molecular weight is 235 g/mol. The first kappa shape index (κ1) is 11.6. The first-order valence-electron chi connectivity index (χ1n) is 5.66. The van der Waals surface area contributed by atoms with Gasteiger partial charge in [0.25, 0.3) is 0 Å². The summed E-state index contributed by atoms with van der Waals surface area (Å²) in [5.74, 6) is 0.707. The molecule has 0 unspecified atom stereocenters. The van der Waals surface area contributed by atoms with Crippen LogP contribution in [0.3, 0.4) is 0 Å². The molecule has 17 heavy (non-hydrogen) atoms. The summed E-state index contributed by atoms with van der Waals surface area (Å²) in [5.41, 5.74) is 7.14. The van der Waals surface area contributed by atoms with Gasteiger partial charge in [0.1, 0.15) is 5.75 Å². The van der Waals surface area contributed by atoms with Crippen molar-refractivity contribution in [1.82, 2.24) is 5.32 Å². The van der Waals surface area contributed by atoms with E-state index in [0.29, 0.717) is 17.5 Å². The van der Waals surface area contributed by atoms with Crippen molar-refractivity contribution < 1.29 is 9.53 Å². The molecule has 4 N–H and O–H groups in total.